The van der Waals surface area contributed by atoms with Crippen LogP contribution in [0.25, 0.3) is 0 Å². The third-order valence-corrected chi connectivity index (χ3v) is 8.88. The Morgan fingerprint density at radius 1 is 1.02 bits per heavy atom. The number of rotatable bonds is 21. The number of likely N-dealkylation sites (N-methyl/N-ethyl adjacent to an activating group) is 1. The summed E-state index contributed by atoms with van der Waals surface area (Å²) in [4.78, 5) is 69.5. The van der Waals surface area contributed by atoms with Gasteiger partial charge >= 0.3 is 5.97 Å². The zero-order valence-electron chi connectivity index (χ0n) is 33.0. The molecule has 1 fully saturated rings. The van der Waals surface area contributed by atoms with Crippen LogP contribution in [0, 0.1) is 17.8 Å². The molecule has 0 aromatic heterocycles. The van der Waals surface area contributed by atoms with E-state index in [9.17, 15) is 39.0 Å². The third kappa shape index (κ3) is 20.1. The summed E-state index contributed by atoms with van der Waals surface area (Å²) in [5.41, 5.74) is 4.75. The molecule has 12 heteroatoms. The summed E-state index contributed by atoms with van der Waals surface area (Å²) in [5, 5.41) is 26.6. The summed E-state index contributed by atoms with van der Waals surface area (Å²) in [6.45, 7) is 15.6. The van der Waals surface area contributed by atoms with E-state index in [1.807, 2.05) is 82.3 Å². The lowest BCUT2D eigenvalue weighted by Gasteiger charge is -2.35. The molecule has 0 saturated carbocycles. The molecule has 54 heavy (non-hydrogen) atoms. The van der Waals surface area contributed by atoms with E-state index >= 15 is 0 Å². The van der Waals surface area contributed by atoms with E-state index in [0.717, 1.165) is 36.6 Å². The van der Waals surface area contributed by atoms with Crippen LogP contribution in [0.2, 0.25) is 0 Å². The molecule has 0 bridgehead atoms. The largest absolute Gasteiger partial charge is 0.480 e. The first-order valence-electron chi connectivity index (χ1n) is 18.6. The molecule has 1 aromatic rings. The molecule has 1 aliphatic heterocycles. The molecule has 1 aromatic carbocycles. The lowest BCUT2D eigenvalue weighted by Crippen LogP contribution is -2.61. The molecule has 2 amide bonds. The number of carboxylic acids is 1. The number of amides is 2. The number of ketones is 1. The van der Waals surface area contributed by atoms with Crippen molar-refractivity contribution in [3.63, 3.8) is 0 Å². The fraction of sp³-hybridized carbons (Fsp3) is 0.524. The maximum atomic E-state index is 13.1. The number of aliphatic hydroxyl groups excluding tert-OH is 1. The lowest BCUT2D eigenvalue weighted by atomic mass is 9.87. The summed E-state index contributed by atoms with van der Waals surface area (Å²) in [6, 6.07) is 7.43. The van der Waals surface area contributed by atoms with Crippen LogP contribution in [-0.4, -0.2) is 89.2 Å². The van der Waals surface area contributed by atoms with Gasteiger partial charge in [0.25, 0.3) is 5.91 Å². The van der Waals surface area contributed by atoms with E-state index in [1.165, 1.54) is 11.9 Å². The Labute approximate surface area is 322 Å². The van der Waals surface area contributed by atoms with Gasteiger partial charge in [-0.1, -0.05) is 81.0 Å². The van der Waals surface area contributed by atoms with Crippen molar-refractivity contribution in [1.29, 1.82) is 0 Å². The maximum absolute atomic E-state index is 13.1. The highest BCUT2D eigenvalue weighted by molar-refractivity contribution is 5.90. The first-order chi connectivity index (χ1) is 25.7. The summed E-state index contributed by atoms with van der Waals surface area (Å²) in [7, 11) is 1.71. The highest BCUT2D eigenvalue weighted by Crippen LogP contribution is 2.20. The smallest absolute Gasteiger partial charge is 0.322 e. The van der Waals surface area contributed by atoms with Crippen molar-refractivity contribution in [1.82, 2.24) is 21.1 Å². The standard InChI is InChI=1S/C20H30N4O4.C20H30O4.C2H4/c1-13(2)17(21-3)18(25)22-16(12-14-8-5-4-6-9-14)19(26)24-11-7-10-15(23-24)20(27)28;1-16(13-14-21)9-7-5-4-6-8-10-17(2)20(24)19(15-22)12-11-18(3)23;1-2/h4-6,8-9,13,15-17,21,23H,7,10-12H2,1-3H3,(H,22,25)(H,27,28);4-6,8,13-15,17,19-20,24H,7,9-12H2,1-3H3;1-2H2/b;5-4+,8-6+,16-13+;/t;17?,19-,20?;/m.0./s1. The summed E-state index contributed by atoms with van der Waals surface area (Å²) >= 11 is 0. The number of aliphatic carboxylic acids is 1. The number of aliphatic hydroxyl groups is 1. The van der Waals surface area contributed by atoms with Gasteiger partial charge in [-0.05, 0) is 82.9 Å². The second-order valence-corrected chi connectivity index (χ2v) is 13.7. The Morgan fingerprint density at radius 3 is 2.22 bits per heavy atom. The topological polar surface area (TPSA) is 182 Å². The van der Waals surface area contributed by atoms with Gasteiger partial charge in [0.2, 0.25) is 5.91 Å². The molecule has 1 saturated heterocycles. The number of carbonyl (C=O) groups is 6. The number of hydrazine groups is 1. The number of aldehydes is 2. The van der Waals surface area contributed by atoms with Gasteiger partial charge in [0, 0.05) is 25.3 Å². The van der Waals surface area contributed by atoms with Crippen molar-refractivity contribution in [2.45, 2.75) is 110 Å². The number of carboxylic acid groups (broad SMARTS) is 1. The molecule has 1 aliphatic rings. The number of Topliss-reactive ketones (excluding diaryl/α,β-unsaturated/α-hetero) is 1. The Bertz CT molecular complexity index is 1380. The number of hydrogen-bond acceptors (Lipinski definition) is 9. The van der Waals surface area contributed by atoms with Crippen molar-refractivity contribution in [3.05, 3.63) is 85.0 Å². The van der Waals surface area contributed by atoms with Crippen LogP contribution in [-0.2, 0) is 35.2 Å². The SMILES string of the molecule is C=C.CC(=O)CC[C@@H](C=O)C(O)C(C)C/C=C/C=C/CC/C(C)=C/C=O.CNC(C(=O)NC(Cc1ccccc1)C(=O)N1CCCC(C(=O)O)N1)C(C)C. The minimum absolute atomic E-state index is 0.0324. The van der Waals surface area contributed by atoms with Crippen molar-refractivity contribution < 1.29 is 39.0 Å². The van der Waals surface area contributed by atoms with Crippen LogP contribution in [0.3, 0.4) is 0 Å². The van der Waals surface area contributed by atoms with E-state index in [0.29, 0.717) is 45.1 Å². The van der Waals surface area contributed by atoms with E-state index in [2.05, 4.69) is 29.2 Å². The van der Waals surface area contributed by atoms with Gasteiger partial charge < -0.3 is 30.4 Å². The average molecular weight is 753 g/mol. The zero-order valence-corrected chi connectivity index (χ0v) is 33.0. The predicted octanol–water partition coefficient (Wildman–Crippen LogP) is 4.94. The van der Waals surface area contributed by atoms with Crippen molar-refractivity contribution >= 4 is 36.1 Å². The fourth-order valence-electron chi connectivity index (χ4n) is 5.70. The van der Waals surface area contributed by atoms with Crippen molar-refractivity contribution in [3.8, 4) is 0 Å². The molecule has 300 valence electrons. The summed E-state index contributed by atoms with van der Waals surface area (Å²) in [5.74, 6) is -2.02. The second kappa shape index (κ2) is 28.9. The Kier molecular flexibility index (Phi) is 26.5. The van der Waals surface area contributed by atoms with E-state index < -0.39 is 36.1 Å². The Morgan fingerprint density at radius 2 is 1.67 bits per heavy atom. The number of carbonyl (C=O) groups excluding carboxylic acids is 5. The molecule has 0 radical (unpaired) electrons. The molecule has 5 unspecified atom stereocenters. The van der Waals surface area contributed by atoms with Gasteiger partial charge in [0.05, 0.1) is 12.1 Å². The van der Waals surface area contributed by atoms with Crippen LogP contribution in [0.5, 0.6) is 0 Å². The van der Waals surface area contributed by atoms with Crippen LogP contribution < -0.4 is 16.1 Å². The first-order valence-corrected chi connectivity index (χ1v) is 18.6. The minimum Gasteiger partial charge on any atom is -0.480 e. The van der Waals surface area contributed by atoms with Crippen LogP contribution >= 0.6 is 0 Å². The quantitative estimate of drug-likeness (QED) is 0.0500. The molecular weight excluding hydrogens is 688 g/mol. The van der Waals surface area contributed by atoms with Gasteiger partial charge in [-0.15, -0.1) is 13.2 Å². The molecule has 5 N–H and O–H groups in total. The summed E-state index contributed by atoms with van der Waals surface area (Å²) in [6.07, 6.45) is 14.8. The fourth-order valence-corrected chi connectivity index (χ4v) is 5.70. The summed E-state index contributed by atoms with van der Waals surface area (Å²) < 4.78 is 0. The Balaban J connectivity index is 0.00000101. The van der Waals surface area contributed by atoms with Gasteiger partial charge in [-0.3, -0.25) is 24.2 Å². The van der Waals surface area contributed by atoms with Crippen LogP contribution in [0.1, 0.15) is 85.1 Å². The van der Waals surface area contributed by atoms with Gasteiger partial charge in [0.15, 0.2) is 0 Å². The average Bonchev–Trinajstić information content (AvgIpc) is 3.15. The molecule has 0 aliphatic carbocycles. The highest BCUT2D eigenvalue weighted by atomic mass is 16.4. The van der Waals surface area contributed by atoms with Gasteiger partial charge in [0.1, 0.15) is 30.4 Å². The van der Waals surface area contributed by atoms with Crippen LogP contribution in [0.15, 0.2) is 79.4 Å². The molecule has 2 rings (SSSR count). The van der Waals surface area contributed by atoms with Crippen molar-refractivity contribution in [2.75, 3.05) is 13.6 Å². The monoisotopic (exact) mass is 752 g/mol. The van der Waals surface area contributed by atoms with Gasteiger partial charge in [-0.25, -0.2) is 5.43 Å². The number of hydrogen-bond donors (Lipinski definition) is 5. The Hall–Kier alpha value is -4.52. The second-order valence-electron chi connectivity index (χ2n) is 13.7. The van der Waals surface area contributed by atoms with Crippen LogP contribution in [0.4, 0.5) is 0 Å². The predicted molar refractivity (Wildman–Crippen MR) is 213 cm³/mol. The number of allylic oxidation sites excluding steroid dienone is 6. The lowest BCUT2D eigenvalue weighted by molar-refractivity contribution is -0.148. The van der Waals surface area contributed by atoms with E-state index in [1.54, 1.807) is 13.1 Å². The number of benzene rings is 1. The molecule has 1 heterocycles. The normalized spacial score (nSPS) is 17.2. The first kappa shape index (κ1) is 49.5. The molecular formula is C42H64N4O8. The van der Waals surface area contributed by atoms with Gasteiger partial charge in [-0.2, -0.15) is 0 Å². The third-order valence-electron chi connectivity index (χ3n) is 8.88. The van der Waals surface area contributed by atoms with Crippen molar-refractivity contribution in [2.24, 2.45) is 17.8 Å². The molecule has 6 atom stereocenters. The minimum atomic E-state index is -0.990. The maximum Gasteiger partial charge on any atom is 0.322 e. The number of nitrogens with one attached hydrogen (secondary N) is 3. The zero-order chi connectivity index (χ0) is 41.1. The number of nitrogens with zero attached hydrogens (tertiary/aromatic N) is 1. The van der Waals surface area contributed by atoms with E-state index in [-0.39, 0.29) is 29.4 Å². The van der Waals surface area contributed by atoms with E-state index in [4.69, 9.17) is 0 Å². The molecule has 0 spiro atoms. The highest BCUT2D eigenvalue weighted by Gasteiger charge is 2.33. The molecule has 12 nitrogen and oxygen atoms in total.